The molecule has 0 aliphatic heterocycles. The van der Waals surface area contributed by atoms with Gasteiger partial charge in [0, 0.05) is 25.9 Å². The molecule has 1 rings (SSSR count). The van der Waals surface area contributed by atoms with Gasteiger partial charge in [-0.2, -0.15) is 0 Å². The predicted octanol–water partition coefficient (Wildman–Crippen LogP) is 3.83. The number of aromatic nitrogens is 2. The molecule has 0 saturated heterocycles. The highest BCUT2D eigenvalue weighted by molar-refractivity contribution is 6.35. The minimum Gasteiger partial charge on any atom is -0.444 e. The molecule has 0 fully saturated rings. The first kappa shape index (κ1) is 22.4. The molecular formula is C18H26ClN5O3. The lowest BCUT2D eigenvalue weighted by molar-refractivity contribution is -0.124. The standard InChI is InChI=1S/C18H26ClN5O3/c1-11(12(2)16(25)24(6)7)8-9-20-14-13(19)15(22-10-21-14)23-17(26)27-18(3,4)5/h8-10H,1-7H3,(H2,20,21,22,23,26)/b9-8+,12-11+. The van der Waals surface area contributed by atoms with Crippen LogP contribution in [0.3, 0.4) is 0 Å². The number of likely N-dealkylation sites (N-methyl/N-ethyl adjacent to an activating group) is 1. The van der Waals surface area contributed by atoms with Crippen molar-refractivity contribution in [1.82, 2.24) is 14.9 Å². The number of hydrogen-bond donors (Lipinski definition) is 2. The van der Waals surface area contributed by atoms with Gasteiger partial charge in [0.25, 0.3) is 0 Å². The van der Waals surface area contributed by atoms with Crippen molar-refractivity contribution < 1.29 is 14.3 Å². The summed E-state index contributed by atoms with van der Waals surface area (Å²) in [7, 11) is 3.39. The number of nitrogens with one attached hydrogen (secondary N) is 2. The maximum absolute atomic E-state index is 11.9. The number of hydrogen-bond acceptors (Lipinski definition) is 6. The first-order valence-electron chi connectivity index (χ1n) is 8.25. The Morgan fingerprint density at radius 1 is 1.19 bits per heavy atom. The van der Waals surface area contributed by atoms with Crippen LogP contribution in [0.1, 0.15) is 34.6 Å². The molecule has 1 aromatic rings. The van der Waals surface area contributed by atoms with E-state index in [4.69, 9.17) is 16.3 Å². The summed E-state index contributed by atoms with van der Waals surface area (Å²) in [5.74, 6) is 0.363. The highest BCUT2D eigenvalue weighted by Crippen LogP contribution is 2.26. The fourth-order valence-corrected chi connectivity index (χ4v) is 2.03. The lowest BCUT2D eigenvalue weighted by Crippen LogP contribution is -2.27. The minimum absolute atomic E-state index is 0.0685. The Balaban J connectivity index is 2.87. The van der Waals surface area contributed by atoms with E-state index < -0.39 is 11.7 Å². The number of halogens is 1. The maximum atomic E-state index is 11.9. The maximum Gasteiger partial charge on any atom is 0.413 e. The van der Waals surface area contributed by atoms with Gasteiger partial charge in [0.1, 0.15) is 17.0 Å². The Bertz CT molecular complexity index is 767. The van der Waals surface area contributed by atoms with Crippen molar-refractivity contribution in [3.63, 3.8) is 0 Å². The Morgan fingerprint density at radius 3 is 2.33 bits per heavy atom. The van der Waals surface area contributed by atoms with Crippen molar-refractivity contribution >= 4 is 35.2 Å². The van der Waals surface area contributed by atoms with E-state index in [1.165, 1.54) is 11.2 Å². The summed E-state index contributed by atoms with van der Waals surface area (Å²) in [6.07, 6.45) is 3.93. The number of carbonyl (C=O) groups is 2. The van der Waals surface area contributed by atoms with E-state index in [0.29, 0.717) is 11.4 Å². The van der Waals surface area contributed by atoms with E-state index in [9.17, 15) is 9.59 Å². The number of amides is 2. The highest BCUT2D eigenvalue weighted by atomic mass is 35.5. The molecule has 0 aromatic carbocycles. The Morgan fingerprint density at radius 2 is 1.78 bits per heavy atom. The van der Waals surface area contributed by atoms with E-state index in [-0.39, 0.29) is 16.7 Å². The van der Waals surface area contributed by atoms with Gasteiger partial charge >= 0.3 is 6.09 Å². The minimum atomic E-state index is -0.666. The van der Waals surface area contributed by atoms with Gasteiger partial charge in [0.05, 0.1) is 0 Å². The molecule has 0 aliphatic rings. The Kier molecular flexibility index (Phi) is 7.78. The van der Waals surface area contributed by atoms with Crippen molar-refractivity contribution in [2.24, 2.45) is 0 Å². The zero-order valence-corrected chi connectivity index (χ0v) is 17.4. The lowest BCUT2D eigenvalue weighted by Gasteiger charge is -2.19. The van der Waals surface area contributed by atoms with E-state index in [2.05, 4.69) is 20.6 Å². The summed E-state index contributed by atoms with van der Waals surface area (Å²) in [5.41, 5.74) is 0.775. The van der Waals surface area contributed by atoms with E-state index in [0.717, 1.165) is 5.57 Å². The van der Waals surface area contributed by atoms with Crippen LogP contribution in [0.4, 0.5) is 16.4 Å². The average molecular weight is 396 g/mol. The number of nitrogens with zero attached hydrogens (tertiary/aromatic N) is 3. The average Bonchev–Trinajstić information content (AvgIpc) is 2.54. The van der Waals surface area contributed by atoms with E-state index in [1.54, 1.807) is 54.1 Å². The molecule has 0 spiro atoms. The number of rotatable bonds is 5. The topological polar surface area (TPSA) is 96.5 Å². The first-order chi connectivity index (χ1) is 12.4. The second-order valence-electron chi connectivity index (χ2n) is 7.00. The van der Waals surface area contributed by atoms with E-state index >= 15 is 0 Å². The summed E-state index contributed by atoms with van der Waals surface area (Å²) < 4.78 is 5.17. The molecule has 2 N–H and O–H groups in total. The molecule has 9 heteroatoms. The summed E-state index contributed by atoms with van der Waals surface area (Å²) in [4.78, 5) is 33.3. The number of carbonyl (C=O) groups excluding carboxylic acids is 2. The van der Waals surface area contributed by atoms with Gasteiger partial charge in [0.15, 0.2) is 11.6 Å². The Hall–Kier alpha value is -2.61. The normalized spacial score (nSPS) is 12.4. The SMILES string of the molecule is CC(/C=C/Nc1ncnc(NC(=O)OC(C)(C)C)c1Cl)=C(/C)C(=O)N(C)C. The fourth-order valence-electron chi connectivity index (χ4n) is 1.83. The van der Waals surface area contributed by atoms with Crippen LogP contribution in [-0.4, -0.2) is 46.6 Å². The van der Waals surface area contributed by atoms with Crippen LogP contribution in [0.15, 0.2) is 29.7 Å². The molecule has 0 radical (unpaired) electrons. The third-order valence-corrected chi connectivity index (χ3v) is 3.64. The van der Waals surface area contributed by atoms with Gasteiger partial charge < -0.3 is 15.0 Å². The largest absolute Gasteiger partial charge is 0.444 e. The van der Waals surface area contributed by atoms with Gasteiger partial charge in [0.2, 0.25) is 5.91 Å². The summed E-state index contributed by atoms with van der Waals surface area (Å²) in [6, 6.07) is 0. The zero-order chi connectivity index (χ0) is 20.8. The number of allylic oxidation sites excluding steroid dienone is 2. The molecular weight excluding hydrogens is 370 g/mol. The summed E-state index contributed by atoms with van der Waals surface area (Å²) in [6.45, 7) is 8.84. The van der Waals surface area contributed by atoms with Crippen molar-refractivity contribution in [1.29, 1.82) is 0 Å². The summed E-state index contributed by atoms with van der Waals surface area (Å²) >= 11 is 6.23. The molecule has 8 nitrogen and oxygen atoms in total. The number of anilines is 2. The number of ether oxygens (including phenoxy) is 1. The molecule has 0 bridgehead atoms. The molecule has 2 amide bonds. The smallest absolute Gasteiger partial charge is 0.413 e. The lowest BCUT2D eigenvalue weighted by atomic mass is 10.1. The fraction of sp³-hybridized carbons (Fsp3) is 0.444. The van der Waals surface area contributed by atoms with Crippen molar-refractivity contribution in [3.8, 4) is 0 Å². The molecule has 1 aromatic heterocycles. The van der Waals surface area contributed by atoms with Crippen LogP contribution >= 0.6 is 11.6 Å². The zero-order valence-electron chi connectivity index (χ0n) is 16.7. The van der Waals surface area contributed by atoms with Crippen molar-refractivity contribution in [2.75, 3.05) is 24.7 Å². The molecule has 0 aliphatic carbocycles. The summed E-state index contributed by atoms with van der Waals surface area (Å²) in [5, 5.41) is 5.53. The monoisotopic (exact) mass is 395 g/mol. The predicted molar refractivity (Wildman–Crippen MR) is 107 cm³/mol. The molecule has 27 heavy (non-hydrogen) atoms. The third-order valence-electron chi connectivity index (χ3n) is 3.28. The van der Waals surface area contributed by atoms with Crippen LogP contribution < -0.4 is 10.6 Å². The van der Waals surface area contributed by atoms with Gasteiger partial charge in [-0.1, -0.05) is 11.6 Å². The third kappa shape index (κ3) is 7.26. The molecule has 1 heterocycles. The van der Waals surface area contributed by atoms with Crippen LogP contribution in [-0.2, 0) is 9.53 Å². The molecule has 0 unspecified atom stereocenters. The van der Waals surface area contributed by atoms with Crippen LogP contribution in [0, 0.1) is 0 Å². The van der Waals surface area contributed by atoms with E-state index in [1.807, 2.05) is 6.92 Å². The van der Waals surface area contributed by atoms with Gasteiger partial charge in [-0.3, -0.25) is 10.1 Å². The van der Waals surface area contributed by atoms with Gasteiger partial charge in [-0.05, 0) is 46.3 Å². The molecule has 148 valence electrons. The molecule has 0 atom stereocenters. The van der Waals surface area contributed by atoms with Crippen LogP contribution in [0.25, 0.3) is 0 Å². The van der Waals surface area contributed by atoms with Crippen molar-refractivity contribution in [2.45, 2.75) is 40.2 Å². The van der Waals surface area contributed by atoms with Gasteiger partial charge in [-0.15, -0.1) is 0 Å². The van der Waals surface area contributed by atoms with Crippen LogP contribution in [0.2, 0.25) is 5.02 Å². The second-order valence-corrected chi connectivity index (χ2v) is 7.37. The second kappa shape index (κ2) is 9.36. The van der Waals surface area contributed by atoms with Crippen molar-refractivity contribution in [3.05, 3.63) is 34.8 Å². The Labute approximate surface area is 164 Å². The quantitative estimate of drug-likeness (QED) is 0.581. The molecule has 0 saturated carbocycles. The van der Waals surface area contributed by atoms with Crippen LogP contribution in [0.5, 0.6) is 0 Å². The first-order valence-corrected chi connectivity index (χ1v) is 8.63. The van der Waals surface area contributed by atoms with Gasteiger partial charge in [-0.25, -0.2) is 14.8 Å². The highest BCUT2D eigenvalue weighted by Gasteiger charge is 2.18.